The first-order valence-electron chi connectivity index (χ1n) is 6.74. The second-order valence-electron chi connectivity index (χ2n) is 5.51. The number of rotatable bonds is 5. The van der Waals surface area contributed by atoms with E-state index in [2.05, 4.69) is 35.8 Å². The van der Waals surface area contributed by atoms with Crippen molar-refractivity contribution in [3.8, 4) is 0 Å². The standard InChI is InChI=1S/C14H24N2OS/c1-14(2)4-6-16(8-10-18-14)7-5-15-11-13-3-9-17-12-13/h3,9,12,15H,4-8,10-11H2,1-2H3. The summed E-state index contributed by atoms with van der Waals surface area (Å²) in [6, 6.07) is 2.01. The molecular weight excluding hydrogens is 244 g/mol. The zero-order valence-electron chi connectivity index (χ0n) is 11.4. The van der Waals surface area contributed by atoms with Gasteiger partial charge in [-0.3, -0.25) is 0 Å². The lowest BCUT2D eigenvalue weighted by molar-refractivity contribution is 0.283. The van der Waals surface area contributed by atoms with E-state index in [-0.39, 0.29) is 0 Å². The smallest absolute Gasteiger partial charge is 0.0947 e. The summed E-state index contributed by atoms with van der Waals surface area (Å²) in [5.41, 5.74) is 1.22. The van der Waals surface area contributed by atoms with Gasteiger partial charge in [0.2, 0.25) is 0 Å². The number of hydrogen-bond acceptors (Lipinski definition) is 4. The molecule has 3 nitrogen and oxygen atoms in total. The Morgan fingerprint density at radius 2 is 2.33 bits per heavy atom. The van der Waals surface area contributed by atoms with E-state index in [0.717, 1.165) is 19.6 Å². The molecule has 1 aromatic rings. The SMILES string of the molecule is CC1(C)CCN(CCNCc2ccoc2)CCS1. The highest BCUT2D eigenvalue weighted by Gasteiger charge is 2.23. The first-order valence-corrected chi connectivity index (χ1v) is 7.72. The van der Waals surface area contributed by atoms with Crippen LogP contribution in [0.1, 0.15) is 25.8 Å². The Hall–Kier alpha value is -0.450. The molecule has 1 aliphatic rings. The van der Waals surface area contributed by atoms with Gasteiger partial charge in [-0.05, 0) is 19.0 Å². The van der Waals surface area contributed by atoms with Gasteiger partial charge in [0.05, 0.1) is 12.5 Å². The molecule has 1 N–H and O–H groups in total. The second kappa shape index (κ2) is 6.64. The van der Waals surface area contributed by atoms with E-state index < -0.39 is 0 Å². The van der Waals surface area contributed by atoms with Crippen LogP contribution in [0, 0.1) is 0 Å². The number of nitrogens with zero attached hydrogens (tertiary/aromatic N) is 1. The van der Waals surface area contributed by atoms with Crippen LogP contribution in [-0.2, 0) is 6.54 Å². The molecular formula is C14H24N2OS. The van der Waals surface area contributed by atoms with E-state index in [1.807, 2.05) is 6.07 Å². The van der Waals surface area contributed by atoms with Gasteiger partial charge >= 0.3 is 0 Å². The minimum Gasteiger partial charge on any atom is -0.472 e. The van der Waals surface area contributed by atoms with E-state index in [1.54, 1.807) is 12.5 Å². The van der Waals surface area contributed by atoms with Crippen molar-refractivity contribution in [1.82, 2.24) is 10.2 Å². The highest BCUT2D eigenvalue weighted by molar-refractivity contribution is 8.00. The maximum atomic E-state index is 5.05. The monoisotopic (exact) mass is 268 g/mol. The molecule has 0 bridgehead atoms. The van der Waals surface area contributed by atoms with E-state index in [9.17, 15) is 0 Å². The minimum atomic E-state index is 0.457. The molecule has 102 valence electrons. The summed E-state index contributed by atoms with van der Waals surface area (Å²) in [5.74, 6) is 1.26. The molecule has 0 saturated carbocycles. The van der Waals surface area contributed by atoms with Crippen molar-refractivity contribution in [2.75, 3.05) is 31.9 Å². The third kappa shape index (κ3) is 4.67. The van der Waals surface area contributed by atoms with Crippen LogP contribution in [0.4, 0.5) is 0 Å². The quantitative estimate of drug-likeness (QED) is 0.831. The minimum absolute atomic E-state index is 0.457. The average molecular weight is 268 g/mol. The molecule has 18 heavy (non-hydrogen) atoms. The lowest BCUT2D eigenvalue weighted by atomic mass is 10.1. The maximum absolute atomic E-state index is 5.05. The van der Waals surface area contributed by atoms with Gasteiger partial charge in [-0.15, -0.1) is 0 Å². The Morgan fingerprint density at radius 3 is 3.11 bits per heavy atom. The van der Waals surface area contributed by atoms with Gasteiger partial charge in [-0.2, -0.15) is 11.8 Å². The summed E-state index contributed by atoms with van der Waals surface area (Å²) in [7, 11) is 0. The van der Waals surface area contributed by atoms with Crippen LogP contribution in [0.3, 0.4) is 0 Å². The van der Waals surface area contributed by atoms with Gasteiger partial charge in [0.15, 0.2) is 0 Å². The summed E-state index contributed by atoms with van der Waals surface area (Å²) in [6.45, 7) is 10.3. The molecule has 4 heteroatoms. The van der Waals surface area contributed by atoms with Gasteiger partial charge in [0.25, 0.3) is 0 Å². The zero-order chi connectivity index (χ0) is 12.8. The van der Waals surface area contributed by atoms with Crippen LogP contribution >= 0.6 is 11.8 Å². The van der Waals surface area contributed by atoms with Crippen LogP contribution in [0.5, 0.6) is 0 Å². The van der Waals surface area contributed by atoms with Gasteiger partial charge in [-0.1, -0.05) is 13.8 Å². The van der Waals surface area contributed by atoms with Crippen LogP contribution in [-0.4, -0.2) is 41.6 Å². The highest BCUT2D eigenvalue weighted by atomic mass is 32.2. The molecule has 1 aliphatic heterocycles. The average Bonchev–Trinajstić information content (AvgIpc) is 2.77. The van der Waals surface area contributed by atoms with Crippen molar-refractivity contribution in [2.45, 2.75) is 31.6 Å². The fourth-order valence-electron chi connectivity index (χ4n) is 2.15. The van der Waals surface area contributed by atoms with Crippen molar-refractivity contribution >= 4 is 11.8 Å². The van der Waals surface area contributed by atoms with E-state index in [0.29, 0.717) is 4.75 Å². The van der Waals surface area contributed by atoms with Crippen LogP contribution < -0.4 is 5.32 Å². The van der Waals surface area contributed by atoms with Crippen LogP contribution in [0.25, 0.3) is 0 Å². The van der Waals surface area contributed by atoms with Gasteiger partial charge < -0.3 is 14.6 Å². The fraction of sp³-hybridized carbons (Fsp3) is 0.714. The van der Waals surface area contributed by atoms with Crippen molar-refractivity contribution < 1.29 is 4.42 Å². The van der Waals surface area contributed by atoms with Crippen LogP contribution in [0.15, 0.2) is 23.0 Å². The Kier molecular flexibility index (Phi) is 5.15. The molecule has 0 aliphatic carbocycles. The molecule has 0 radical (unpaired) electrons. The molecule has 2 rings (SSSR count). The normalized spacial score (nSPS) is 20.8. The maximum Gasteiger partial charge on any atom is 0.0947 e. The Morgan fingerprint density at radius 1 is 1.44 bits per heavy atom. The molecule has 0 spiro atoms. The summed E-state index contributed by atoms with van der Waals surface area (Å²) in [4.78, 5) is 2.57. The molecule has 0 aromatic carbocycles. The van der Waals surface area contributed by atoms with Crippen molar-refractivity contribution in [1.29, 1.82) is 0 Å². The van der Waals surface area contributed by atoms with E-state index in [4.69, 9.17) is 4.42 Å². The number of furan rings is 1. The Labute approximate surface area is 114 Å². The van der Waals surface area contributed by atoms with Gasteiger partial charge in [-0.25, -0.2) is 0 Å². The van der Waals surface area contributed by atoms with Crippen LogP contribution in [0.2, 0.25) is 0 Å². The zero-order valence-corrected chi connectivity index (χ0v) is 12.3. The molecule has 1 fully saturated rings. The predicted molar refractivity (Wildman–Crippen MR) is 78.0 cm³/mol. The highest BCUT2D eigenvalue weighted by Crippen LogP contribution is 2.30. The Bertz CT molecular complexity index is 338. The first kappa shape index (κ1) is 14.0. The third-order valence-corrected chi connectivity index (χ3v) is 4.82. The van der Waals surface area contributed by atoms with Crippen molar-refractivity contribution in [3.05, 3.63) is 24.2 Å². The summed E-state index contributed by atoms with van der Waals surface area (Å²) >= 11 is 2.11. The molecule has 1 saturated heterocycles. The predicted octanol–water partition coefficient (Wildman–Crippen LogP) is 2.59. The number of nitrogens with one attached hydrogen (secondary N) is 1. The molecule has 0 unspecified atom stereocenters. The molecule has 0 amide bonds. The van der Waals surface area contributed by atoms with E-state index in [1.165, 1.54) is 30.8 Å². The number of hydrogen-bond donors (Lipinski definition) is 1. The van der Waals surface area contributed by atoms with Crippen molar-refractivity contribution in [3.63, 3.8) is 0 Å². The lowest BCUT2D eigenvalue weighted by Gasteiger charge is -2.22. The summed E-state index contributed by atoms with van der Waals surface area (Å²) in [5, 5.41) is 3.47. The topological polar surface area (TPSA) is 28.4 Å². The molecule has 2 heterocycles. The van der Waals surface area contributed by atoms with Gasteiger partial charge in [0, 0.05) is 42.2 Å². The van der Waals surface area contributed by atoms with E-state index >= 15 is 0 Å². The number of thioether (sulfide) groups is 1. The summed E-state index contributed by atoms with van der Waals surface area (Å²) in [6.07, 6.45) is 4.82. The third-order valence-electron chi connectivity index (χ3n) is 3.44. The Balaban J connectivity index is 1.61. The largest absolute Gasteiger partial charge is 0.472 e. The summed E-state index contributed by atoms with van der Waals surface area (Å²) < 4.78 is 5.51. The fourth-order valence-corrected chi connectivity index (χ4v) is 3.29. The molecule has 1 aromatic heterocycles. The van der Waals surface area contributed by atoms with Gasteiger partial charge in [0.1, 0.15) is 0 Å². The second-order valence-corrected chi connectivity index (χ2v) is 7.31. The molecule has 0 atom stereocenters. The first-order chi connectivity index (χ1) is 8.66. The van der Waals surface area contributed by atoms with Crippen molar-refractivity contribution in [2.24, 2.45) is 0 Å². The lowest BCUT2D eigenvalue weighted by Crippen LogP contribution is -2.34.